The average Bonchev–Trinajstić information content (AvgIpc) is 2.93. The molecule has 1 heterocycles. The topological polar surface area (TPSA) is 0 Å². The molecule has 3 aromatic rings. The normalized spacial score (nSPS) is 11.0. The highest BCUT2D eigenvalue weighted by Gasteiger charge is 2.20. The van der Waals surface area contributed by atoms with Gasteiger partial charge in [0.05, 0.1) is 9.75 Å². The van der Waals surface area contributed by atoms with Crippen molar-refractivity contribution in [3.63, 3.8) is 0 Å². The maximum absolute atomic E-state index is 14.5. The largest absolute Gasteiger partial charge is 0.202 e. The van der Waals surface area contributed by atoms with Crippen LogP contribution < -0.4 is 0 Å². The monoisotopic (exact) mass is 356 g/mol. The number of halogens is 2. The summed E-state index contributed by atoms with van der Waals surface area (Å²) in [5, 5.41) is 0. The van der Waals surface area contributed by atoms with E-state index in [1.165, 1.54) is 22.5 Å². The zero-order chi connectivity index (χ0) is 17.8. The van der Waals surface area contributed by atoms with Gasteiger partial charge >= 0.3 is 0 Å². The minimum Gasteiger partial charge on any atom is -0.202 e. The van der Waals surface area contributed by atoms with Gasteiger partial charge in [0.25, 0.3) is 0 Å². The second-order valence-corrected chi connectivity index (χ2v) is 7.30. The SMILES string of the molecule is CCCc1ccc(-c2sc(-c3ccc(CCC)cc3)c(F)c2F)cc1. The van der Waals surface area contributed by atoms with Gasteiger partial charge in [-0.15, -0.1) is 11.3 Å². The molecule has 0 bridgehead atoms. The molecular formula is C22H22F2S. The molecule has 0 atom stereocenters. The van der Waals surface area contributed by atoms with Crippen LogP contribution in [-0.4, -0.2) is 0 Å². The molecule has 130 valence electrons. The fourth-order valence-electron chi connectivity index (χ4n) is 2.99. The van der Waals surface area contributed by atoms with Crippen LogP contribution in [0.2, 0.25) is 0 Å². The molecule has 0 aliphatic rings. The Kier molecular flexibility index (Phi) is 5.64. The Morgan fingerprint density at radius 2 is 1.00 bits per heavy atom. The van der Waals surface area contributed by atoms with E-state index >= 15 is 0 Å². The van der Waals surface area contributed by atoms with Gasteiger partial charge in [-0.25, -0.2) is 8.78 Å². The number of aryl methyl sites for hydroxylation is 2. The summed E-state index contributed by atoms with van der Waals surface area (Å²) in [5.74, 6) is -1.50. The molecule has 0 radical (unpaired) electrons. The van der Waals surface area contributed by atoms with Crippen LogP contribution in [-0.2, 0) is 12.8 Å². The van der Waals surface area contributed by atoms with Crippen molar-refractivity contribution in [2.75, 3.05) is 0 Å². The van der Waals surface area contributed by atoms with Crippen molar-refractivity contribution in [1.29, 1.82) is 0 Å². The fourth-order valence-corrected chi connectivity index (χ4v) is 4.06. The van der Waals surface area contributed by atoms with E-state index < -0.39 is 11.6 Å². The van der Waals surface area contributed by atoms with Gasteiger partial charge < -0.3 is 0 Å². The Balaban J connectivity index is 1.94. The molecular weight excluding hydrogens is 334 g/mol. The zero-order valence-corrected chi connectivity index (χ0v) is 15.4. The van der Waals surface area contributed by atoms with Crippen LogP contribution >= 0.6 is 11.3 Å². The lowest BCUT2D eigenvalue weighted by atomic mass is 10.1. The maximum Gasteiger partial charge on any atom is 0.178 e. The Bertz CT molecular complexity index is 760. The summed E-state index contributed by atoms with van der Waals surface area (Å²) in [6.07, 6.45) is 4.13. The number of benzene rings is 2. The molecule has 1 aromatic heterocycles. The van der Waals surface area contributed by atoms with Gasteiger partial charge in [0.1, 0.15) is 0 Å². The molecule has 0 aliphatic heterocycles. The summed E-state index contributed by atoms with van der Waals surface area (Å²) in [4.78, 5) is 0.737. The lowest BCUT2D eigenvalue weighted by Crippen LogP contribution is -1.85. The average molecular weight is 356 g/mol. The van der Waals surface area contributed by atoms with Gasteiger partial charge in [0.15, 0.2) is 11.6 Å². The predicted octanol–water partition coefficient (Wildman–Crippen LogP) is 7.27. The predicted molar refractivity (Wildman–Crippen MR) is 103 cm³/mol. The van der Waals surface area contributed by atoms with Gasteiger partial charge in [-0.2, -0.15) is 0 Å². The summed E-state index contributed by atoms with van der Waals surface area (Å²) in [6.45, 7) is 4.25. The zero-order valence-electron chi connectivity index (χ0n) is 14.6. The van der Waals surface area contributed by atoms with Crippen LogP contribution in [0.25, 0.3) is 20.9 Å². The van der Waals surface area contributed by atoms with Crippen LogP contribution in [0.15, 0.2) is 48.5 Å². The van der Waals surface area contributed by atoms with Crippen molar-refractivity contribution < 1.29 is 8.78 Å². The van der Waals surface area contributed by atoms with Gasteiger partial charge in [-0.05, 0) is 35.1 Å². The molecule has 0 fully saturated rings. The van der Waals surface area contributed by atoms with E-state index in [1.807, 2.05) is 48.5 Å². The molecule has 0 N–H and O–H groups in total. The molecule has 3 heteroatoms. The Morgan fingerprint density at radius 3 is 1.32 bits per heavy atom. The molecule has 3 rings (SSSR count). The molecule has 2 aromatic carbocycles. The molecule has 0 saturated carbocycles. The Hall–Kier alpha value is -2.00. The van der Waals surface area contributed by atoms with E-state index in [2.05, 4.69) is 13.8 Å². The van der Waals surface area contributed by atoms with Crippen molar-refractivity contribution in [2.24, 2.45) is 0 Å². The molecule has 0 aliphatic carbocycles. The summed E-state index contributed by atoms with van der Waals surface area (Å²) in [7, 11) is 0. The van der Waals surface area contributed by atoms with E-state index in [9.17, 15) is 8.78 Å². The highest BCUT2D eigenvalue weighted by Crippen LogP contribution is 2.40. The van der Waals surface area contributed by atoms with Gasteiger partial charge in [0.2, 0.25) is 0 Å². The lowest BCUT2D eigenvalue weighted by Gasteiger charge is -2.02. The van der Waals surface area contributed by atoms with Gasteiger partial charge in [-0.3, -0.25) is 0 Å². The van der Waals surface area contributed by atoms with Crippen molar-refractivity contribution in [1.82, 2.24) is 0 Å². The fraction of sp³-hybridized carbons (Fsp3) is 0.273. The van der Waals surface area contributed by atoms with Crippen molar-refractivity contribution in [2.45, 2.75) is 39.5 Å². The van der Waals surface area contributed by atoms with Crippen molar-refractivity contribution >= 4 is 11.3 Å². The van der Waals surface area contributed by atoms with Crippen LogP contribution in [0, 0.1) is 11.6 Å². The first-order valence-electron chi connectivity index (χ1n) is 8.80. The third-order valence-corrected chi connectivity index (χ3v) is 5.54. The molecule has 0 spiro atoms. The lowest BCUT2D eigenvalue weighted by molar-refractivity contribution is 0.520. The first-order valence-corrected chi connectivity index (χ1v) is 9.62. The third-order valence-electron chi connectivity index (χ3n) is 4.31. The van der Waals surface area contributed by atoms with Crippen LogP contribution in [0.3, 0.4) is 0 Å². The van der Waals surface area contributed by atoms with E-state index in [1.54, 1.807) is 0 Å². The van der Waals surface area contributed by atoms with Crippen LogP contribution in [0.4, 0.5) is 8.78 Å². The van der Waals surface area contributed by atoms with Crippen LogP contribution in [0.1, 0.15) is 37.8 Å². The van der Waals surface area contributed by atoms with E-state index in [0.29, 0.717) is 9.75 Å². The van der Waals surface area contributed by atoms with E-state index in [-0.39, 0.29) is 0 Å². The summed E-state index contributed by atoms with van der Waals surface area (Å²) in [6, 6.07) is 15.5. The smallest absolute Gasteiger partial charge is 0.178 e. The first kappa shape index (κ1) is 17.8. The Labute approximate surface area is 152 Å². The van der Waals surface area contributed by atoms with Crippen molar-refractivity contribution in [3.8, 4) is 20.9 Å². The third kappa shape index (κ3) is 3.82. The molecule has 0 saturated heterocycles. The Morgan fingerprint density at radius 1 is 0.640 bits per heavy atom. The highest BCUT2D eigenvalue weighted by atomic mass is 32.1. The van der Waals surface area contributed by atoms with E-state index in [4.69, 9.17) is 0 Å². The van der Waals surface area contributed by atoms with Gasteiger partial charge in [-0.1, -0.05) is 75.2 Å². The molecule has 0 unspecified atom stereocenters. The summed E-state index contributed by atoms with van der Waals surface area (Å²) < 4.78 is 29.0. The number of thiophene rings is 1. The number of rotatable bonds is 6. The van der Waals surface area contributed by atoms with Gasteiger partial charge in [0, 0.05) is 0 Å². The molecule has 0 amide bonds. The molecule has 0 nitrogen and oxygen atoms in total. The minimum absolute atomic E-state index is 0.369. The summed E-state index contributed by atoms with van der Waals surface area (Å²) >= 11 is 1.18. The quantitative estimate of drug-likeness (QED) is 0.436. The van der Waals surface area contributed by atoms with Crippen molar-refractivity contribution in [3.05, 3.63) is 71.3 Å². The van der Waals surface area contributed by atoms with E-state index in [0.717, 1.165) is 36.8 Å². The standard InChI is InChI=1S/C22H22F2S/c1-3-5-15-7-11-17(12-8-15)21-19(23)20(24)22(25-21)18-13-9-16(6-4-2)10-14-18/h7-14H,3-6H2,1-2H3. The molecule has 25 heavy (non-hydrogen) atoms. The highest BCUT2D eigenvalue weighted by molar-refractivity contribution is 7.18. The maximum atomic E-state index is 14.5. The number of hydrogen-bond acceptors (Lipinski definition) is 1. The number of hydrogen-bond donors (Lipinski definition) is 0. The minimum atomic E-state index is -0.749. The second kappa shape index (κ2) is 7.92. The summed E-state index contributed by atoms with van der Waals surface area (Å²) in [5.41, 5.74) is 3.90. The first-order chi connectivity index (χ1) is 12.1. The van der Waals surface area contributed by atoms with Crippen LogP contribution in [0.5, 0.6) is 0 Å². The second-order valence-electron chi connectivity index (χ2n) is 6.28.